The Morgan fingerprint density at radius 2 is 1.90 bits per heavy atom. The van der Waals surface area contributed by atoms with Crippen LogP contribution in [0.15, 0.2) is 53.1 Å². The van der Waals surface area contributed by atoms with E-state index >= 15 is 0 Å². The van der Waals surface area contributed by atoms with Crippen LogP contribution >= 0.6 is 0 Å². The van der Waals surface area contributed by atoms with Gasteiger partial charge in [0.25, 0.3) is 5.91 Å². The Morgan fingerprint density at radius 1 is 1.14 bits per heavy atom. The number of hydrogen-bond acceptors (Lipinski definition) is 4. The summed E-state index contributed by atoms with van der Waals surface area (Å²) in [6.45, 7) is 4.94. The number of unbranched alkanes of at least 4 members (excludes halogenated alkanes) is 1. The maximum Gasteiger partial charge on any atom is 0.254 e. The number of rotatable bonds is 6. The quantitative estimate of drug-likeness (QED) is 0.569. The highest BCUT2D eigenvalue weighted by atomic mass is 16.5. The molecule has 1 amide bonds. The van der Waals surface area contributed by atoms with Crippen molar-refractivity contribution >= 4 is 5.91 Å². The van der Waals surface area contributed by atoms with Crippen molar-refractivity contribution in [3.8, 4) is 11.4 Å². The lowest BCUT2D eigenvalue weighted by molar-refractivity contribution is 0.0710. The molecule has 29 heavy (non-hydrogen) atoms. The fourth-order valence-corrected chi connectivity index (χ4v) is 3.82. The first-order chi connectivity index (χ1) is 14.2. The molecule has 1 aliphatic heterocycles. The van der Waals surface area contributed by atoms with Gasteiger partial charge in [-0.25, -0.2) is 0 Å². The molecule has 150 valence electrons. The van der Waals surface area contributed by atoms with Gasteiger partial charge in [-0.1, -0.05) is 60.5 Å². The molecule has 2 heterocycles. The number of amides is 1. The summed E-state index contributed by atoms with van der Waals surface area (Å²) in [4.78, 5) is 19.6. The Bertz CT molecular complexity index is 961. The molecule has 2 aromatic carbocycles. The van der Waals surface area contributed by atoms with Gasteiger partial charge in [0.05, 0.1) is 0 Å². The molecule has 4 rings (SSSR count). The average molecular weight is 389 g/mol. The van der Waals surface area contributed by atoms with Gasteiger partial charge in [0.15, 0.2) is 0 Å². The monoisotopic (exact) mass is 389 g/mol. The minimum Gasteiger partial charge on any atom is -0.337 e. The van der Waals surface area contributed by atoms with E-state index in [0.717, 1.165) is 30.4 Å². The van der Waals surface area contributed by atoms with Gasteiger partial charge in [-0.15, -0.1) is 0 Å². The minimum absolute atomic E-state index is 0.0321. The number of carbonyl (C=O) groups excluding carboxylic acids is 1. The normalized spacial score (nSPS) is 16.3. The fraction of sp³-hybridized carbons (Fsp3) is 0.375. The number of carbonyl (C=O) groups is 1. The van der Waals surface area contributed by atoms with Crippen LogP contribution in [0.3, 0.4) is 0 Å². The van der Waals surface area contributed by atoms with Crippen molar-refractivity contribution in [1.82, 2.24) is 15.0 Å². The average Bonchev–Trinajstić information content (AvgIpc) is 3.42. The van der Waals surface area contributed by atoms with Gasteiger partial charge in [-0.05, 0) is 50.3 Å². The summed E-state index contributed by atoms with van der Waals surface area (Å²) in [5.74, 6) is 1.12. The molecule has 0 bridgehead atoms. The fourth-order valence-electron chi connectivity index (χ4n) is 3.82. The number of benzene rings is 2. The molecule has 3 aromatic rings. The van der Waals surface area contributed by atoms with Crippen LogP contribution in [0, 0.1) is 6.92 Å². The largest absolute Gasteiger partial charge is 0.337 e. The van der Waals surface area contributed by atoms with E-state index < -0.39 is 0 Å². The Labute approximate surface area is 171 Å². The zero-order valence-electron chi connectivity index (χ0n) is 17.1. The van der Waals surface area contributed by atoms with Crippen molar-refractivity contribution < 1.29 is 9.32 Å². The van der Waals surface area contributed by atoms with Gasteiger partial charge >= 0.3 is 0 Å². The van der Waals surface area contributed by atoms with Crippen LogP contribution in [-0.4, -0.2) is 27.5 Å². The molecule has 0 aliphatic carbocycles. The zero-order valence-corrected chi connectivity index (χ0v) is 17.1. The lowest BCUT2D eigenvalue weighted by atomic mass is 10.1. The molecule has 1 fully saturated rings. The van der Waals surface area contributed by atoms with Crippen LogP contribution in [0.1, 0.15) is 66.0 Å². The first-order valence-electron chi connectivity index (χ1n) is 10.5. The molecule has 5 heteroatoms. The molecule has 0 radical (unpaired) electrons. The SMILES string of the molecule is CCCCc1ccc(C(=O)N2CCCC2c2nc(-c3ccc(C)cc3)no2)cc1. The highest BCUT2D eigenvalue weighted by Crippen LogP contribution is 2.33. The van der Waals surface area contributed by atoms with E-state index in [-0.39, 0.29) is 11.9 Å². The number of hydrogen-bond donors (Lipinski definition) is 0. The zero-order chi connectivity index (χ0) is 20.2. The maximum absolute atomic E-state index is 13.1. The van der Waals surface area contributed by atoms with Crippen LogP contribution in [0.5, 0.6) is 0 Å². The van der Waals surface area contributed by atoms with Crippen molar-refractivity contribution in [2.75, 3.05) is 6.54 Å². The molecule has 0 N–H and O–H groups in total. The van der Waals surface area contributed by atoms with E-state index in [2.05, 4.69) is 29.2 Å². The molecular weight excluding hydrogens is 362 g/mol. The molecule has 0 saturated carbocycles. The smallest absolute Gasteiger partial charge is 0.254 e. The third-order valence-electron chi connectivity index (χ3n) is 5.57. The van der Waals surface area contributed by atoms with Gasteiger partial charge in [-0.3, -0.25) is 4.79 Å². The Hall–Kier alpha value is -2.95. The van der Waals surface area contributed by atoms with Crippen LogP contribution in [-0.2, 0) is 6.42 Å². The van der Waals surface area contributed by atoms with E-state index in [4.69, 9.17) is 4.52 Å². The predicted molar refractivity (Wildman–Crippen MR) is 113 cm³/mol. The summed E-state index contributed by atoms with van der Waals surface area (Å²) >= 11 is 0. The summed E-state index contributed by atoms with van der Waals surface area (Å²) in [5, 5.41) is 4.14. The first-order valence-corrected chi connectivity index (χ1v) is 10.5. The van der Waals surface area contributed by atoms with Crippen LogP contribution in [0.25, 0.3) is 11.4 Å². The lowest BCUT2D eigenvalue weighted by Crippen LogP contribution is -2.30. The van der Waals surface area contributed by atoms with Crippen molar-refractivity contribution in [1.29, 1.82) is 0 Å². The van der Waals surface area contributed by atoms with Gasteiger partial charge in [0.1, 0.15) is 6.04 Å². The summed E-state index contributed by atoms with van der Waals surface area (Å²) in [6.07, 6.45) is 5.18. The third-order valence-corrected chi connectivity index (χ3v) is 5.57. The van der Waals surface area contributed by atoms with E-state index in [0.29, 0.717) is 18.3 Å². The summed E-state index contributed by atoms with van der Waals surface area (Å²) in [5.41, 5.74) is 4.10. The molecule has 5 nitrogen and oxygen atoms in total. The number of aromatic nitrogens is 2. The second-order valence-corrected chi connectivity index (χ2v) is 7.78. The standard InChI is InChI=1S/C24H27N3O2/c1-3-4-6-18-10-14-20(15-11-18)24(28)27-16-5-7-21(27)23-25-22(26-29-23)19-12-8-17(2)9-13-19/h8-15,21H,3-7,16H2,1-2H3. The molecule has 1 saturated heterocycles. The van der Waals surface area contributed by atoms with Gasteiger partial charge < -0.3 is 9.42 Å². The van der Waals surface area contributed by atoms with E-state index in [9.17, 15) is 4.79 Å². The summed E-state index contributed by atoms with van der Waals surface area (Å²) in [6, 6.07) is 15.9. The topological polar surface area (TPSA) is 59.2 Å². The van der Waals surface area contributed by atoms with Crippen molar-refractivity contribution in [3.05, 3.63) is 71.1 Å². The van der Waals surface area contributed by atoms with Crippen LogP contribution in [0.4, 0.5) is 0 Å². The number of nitrogens with zero attached hydrogens (tertiary/aromatic N) is 3. The van der Waals surface area contributed by atoms with Gasteiger partial charge in [0, 0.05) is 17.7 Å². The van der Waals surface area contributed by atoms with E-state index in [1.165, 1.54) is 24.0 Å². The maximum atomic E-state index is 13.1. The minimum atomic E-state index is -0.158. The Balaban J connectivity index is 1.50. The predicted octanol–water partition coefficient (Wildman–Crippen LogP) is 5.36. The lowest BCUT2D eigenvalue weighted by Gasteiger charge is -2.22. The van der Waals surface area contributed by atoms with E-state index in [1.807, 2.05) is 48.2 Å². The summed E-state index contributed by atoms with van der Waals surface area (Å²) in [7, 11) is 0. The molecule has 1 aliphatic rings. The van der Waals surface area contributed by atoms with Crippen LogP contribution in [0.2, 0.25) is 0 Å². The second-order valence-electron chi connectivity index (χ2n) is 7.78. The molecular formula is C24H27N3O2. The molecule has 1 unspecified atom stereocenters. The number of likely N-dealkylation sites (tertiary alicyclic amines) is 1. The Kier molecular flexibility index (Phi) is 5.74. The van der Waals surface area contributed by atoms with Gasteiger partial charge in [-0.2, -0.15) is 4.98 Å². The van der Waals surface area contributed by atoms with Crippen molar-refractivity contribution in [3.63, 3.8) is 0 Å². The third kappa shape index (κ3) is 4.24. The second kappa shape index (κ2) is 8.60. The number of aryl methyl sites for hydroxylation is 2. The Morgan fingerprint density at radius 3 is 2.62 bits per heavy atom. The summed E-state index contributed by atoms with van der Waals surface area (Å²) < 4.78 is 5.56. The highest BCUT2D eigenvalue weighted by molar-refractivity contribution is 5.94. The molecule has 1 aromatic heterocycles. The van der Waals surface area contributed by atoms with E-state index in [1.54, 1.807) is 0 Å². The van der Waals surface area contributed by atoms with Gasteiger partial charge in [0.2, 0.25) is 11.7 Å². The van der Waals surface area contributed by atoms with Crippen LogP contribution < -0.4 is 0 Å². The molecule has 0 spiro atoms. The first kappa shape index (κ1) is 19.4. The molecule has 1 atom stereocenters. The van der Waals surface area contributed by atoms with Crippen molar-refractivity contribution in [2.24, 2.45) is 0 Å². The van der Waals surface area contributed by atoms with Crippen molar-refractivity contribution in [2.45, 2.75) is 52.0 Å². The highest BCUT2D eigenvalue weighted by Gasteiger charge is 2.34.